The van der Waals surface area contributed by atoms with Crippen molar-refractivity contribution < 1.29 is 29.2 Å². The molecule has 0 unspecified atom stereocenters. The summed E-state index contributed by atoms with van der Waals surface area (Å²) in [6.07, 6.45) is 7.24. The van der Waals surface area contributed by atoms with E-state index < -0.39 is 0 Å². The highest BCUT2D eigenvalue weighted by molar-refractivity contribution is 5.84. The number of hydrogen-bond acceptors (Lipinski definition) is 8. The van der Waals surface area contributed by atoms with Gasteiger partial charge in [-0.05, 0) is 126 Å². The quantitative estimate of drug-likeness (QED) is 0.157. The van der Waals surface area contributed by atoms with Gasteiger partial charge in [0, 0.05) is 62.3 Å². The Labute approximate surface area is 441 Å². The first kappa shape index (κ1) is 53.7. The Morgan fingerprint density at radius 2 is 0.635 bits per heavy atom. The molecule has 0 atom stereocenters. The smallest absolute Gasteiger partial charge is 0.128 e. The second-order valence-corrected chi connectivity index (χ2v) is 24.5. The van der Waals surface area contributed by atoms with Gasteiger partial charge < -0.3 is 29.2 Å². The lowest BCUT2D eigenvalue weighted by atomic mass is 9.79. The molecule has 2 aliphatic heterocycles. The van der Waals surface area contributed by atoms with Crippen molar-refractivity contribution in [1.82, 2.24) is 0 Å². The topological polar surface area (TPSA) is 102 Å². The maximum atomic E-state index is 12.8. The molecule has 0 radical (unpaired) electrons. The van der Waals surface area contributed by atoms with E-state index in [1.165, 1.54) is 0 Å². The summed E-state index contributed by atoms with van der Waals surface area (Å²) in [4.78, 5) is 9.55. The second kappa shape index (κ2) is 22.1. The Morgan fingerprint density at radius 1 is 0.365 bits per heavy atom. The SMILES string of the molecule is CC(C)(C)c1cc2c(O)c(c1)Cc1cc(C(C)(C)C)cc3c1OCCOc1ccccc1C=NCCCCN=Cc1ccccc1OCCOc1c(cc(C(C)(C)C)cc1Cc1cc(C(C)(C)C)cc(c1O)C3)C2. The molecule has 0 saturated heterocycles. The molecule has 1 aliphatic carbocycles. The van der Waals surface area contributed by atoms with Gasteiger partial charge in [-0.25, -0.2) is 0 Å². The van der Waals surface area contributed by atoms with Gasteiger partial charge in [0.15, 0.2) is 0 Å². The van der Waals surface area contributed by atoms with E-state index in [4.69, 9.17) is 28.9 Å². The first-order valence-corrected chi connectivity index (χ1v) is 26.7. The number of benzene rings is 6. The van der Waals surface area contributed by atoms with Crippen LogP contribution in [0, 0.1) is 0 Å². The fraction of sp³-hybridized carbons (Fsp3) is 0.424. The van der Waals surface area contributed by atoms with Crippen LogP contribution >= 0.6 is 0 Å². The fourth-order valence-electron chi connectivity index (χ4n) is 9.78. The minimum absolute atomic E-state index is 0.222. The Morgan fingerprint density at radius 3 is 0.932 bits per heavy atom. The van der Waals surface area contributed by atoms with Gasteiger partial charge in [0.25, 0.3) is 0 Å². The van der Waals surface area contributed by atoms with Crippen LogP contribution in [0.4, 0.5) is 0 Å². The minimum atomic E-state index is -0.229. The number of hydrogen-bond donors (Lipinski definition) is 2. The molecule has 3 aliphatic rings. The molecule has 74 heavy (non-hydrogen) atoms. The molecular weight excluding hydrogens is 917 g/mol. The van der Waals surface area contributed by atoms with Crippen LogP contribution in [0.25, 0.3) is 0 Å². The molecule has 2 heterocycles. The van der Waals surface area contributed by atoms with E-state index in [1.54, 1.807) is 0 Å². The van der Waals surface area contributed by atoms with Crippen molar-refractivity contribution in [3.63, 3.8) is 0 Å². The van der Waals surface area contributed by atoms with E-state index in [2.05, 4.69) is 132 Å². The number of phenols is 2. The summed E-state index contributed by atoms with van der Waals surface area (Å²) < 4.78 is 27.0. The van der Waals surface area contributed by atoms with E-state index in [0.29, 0.717) is 52.0 Å². The van der Waals surface area contributed by atoms with Gasteiger partial charge in [-0.1, -0.05) is 156 Å². The van der Waals surface area contributed by atoms with Crippen molar-refractivity contribution in [1.29, 1.82) is 0 Å². The van der Waals surface area contributed by atoms with E-state index in [0.717, 1.165) is 114 Å². The number of aliphatic imine (C=N–C) groups is 2. The summed E-state index contributed by atoms with van der Waals surface area (Å²) in [6.45, 7) is 29.2. The van der Waals surface area contributed by atoms with Crippen LogP contribution in [0.5, 0.6) is 34.5 Å². The lowest BCUT2D eigenvalue weighted by Crippen LogP contribution is -2.18. The zero-order valence-electron chi connectivity index (χ0n) is 46.3. The van der Waals surface area contributed by atoms with Crippen LogP contribution in [0.3, 0.4) is 0 Å². The molecule has 390 valence electrons. The van der Waals surface area contributed by atoms with Gasteiger partial charge in [-0.3, -0.25) is 9.98 Å². The van der Waals surface area contributed by atoms with Gasteiger partial charge in [0.1, 0.15) is 60.9 Å². The third-order valence-electron chi connectivity index (χ3n) is 14.3. The maximum Gasteiger partial charge on any atom is 0.128 e. The van der Waals surface area contributed by atoms with Crippen molar-refractivity contribution in [3.8, 4) is 34.5 Å². The number of fused-ring (bicyclic) bond motifs is 11. The molecule has 9 rings (SSSR count). The van der Waals surface area contributed by atoms with Crippen LogP contribution in [0.2, 0.25) is 0 Å². The van der Waals surface area contributed by atoms with Crippen LogP contribution in [-0.2, 0) is 47.3 Å². The lowest BCUT2D eigenvalue weighted by Gasteiger charge is -2.28. The first-order chi connectivity index (χ1) is 35.0. The summed E-state index contributed by atoms with van der Waals surface area (Å²) in [6, 6.07) is 33.7. The van der Waals surface area contributed by atoms with Crippen molar-refractivity contribution in [3.05, 3.63) is 175 Å². The molecule has 0 amide bonds. The summed E-state index contributed by atoms with van der Waals surface area (Å²) in [5.74, 6) is 3.47. The Bertz CT molecular complexity index is 2720. The summed E-state index contributed by atoms with van der Waals surface area (Å²) in [5, 5.41) is 25.6. The average Bonchev–Trinajstić information content (AvgIpc) is 3.32. The lowest BCUT2D eigenvalue weighted by molar-refractivity contribution is 0.214. The molecule has 0 fully saturated rings. The zero-order valence-corrected chi connectivity index (χ0v) is 46.3. The highest BCUT2D eigenvalue weighted by Gasteiger charge is 2.29. The summed E-state index contributed by atoms with van der Waals surface area (Å²) in [7, 11) is 0. The monoisotopic (exact) mass is 997 g/mol. The zero-order chi connectivity index (χ0) is 53.0. The largest absolute Gasteiger partial charge is 0.507 e. The second-order valence-electron chi connectivity index (χ2n) is 24.5. The van der Waals surface area contributed by atoms with Crippen molar-refractivity contribution in [2.75, 3.05) is 39.5 Å². The van der Waals surface area contributed by atoms with E-state index in [-0.39, 0.29) is 46.4 Å². The number of rotatable bonds is 0. The van der Waals surface area contributed by atoms with E-state index in [9.17, 15) is 10.2 Å². The number of phenolic OH excluding ortho intramolecular Hbond substituents is 2. The molecule has 0 saturated carbocycles. The molecule has 0 spiro atoms. The van der Waals surface area contributed by atoms with Gasteiger partial charge in [0.05, 0.1) is 0 Å². The predicted molar refractivity (Wildman–Crippen MR) is 304 cm³/mol. The van der Waals surface area contributed by atoms with Gasteiger partial charge in [-0.15, -0.1) is 0 Å². The molecular formula is C66H80N2O6. The number of ether oxygens (including phenoxy) is 4. The first-order valence-electron chi connectivity index (χ1n) is 26.7. The maximum absolute atomic E-state index is 12.8. The average molecular weight is 997 g/mol. The molecule has 2 N–H and O–H groups in total. The summed E-state index contributed by atoms with van der Waals surface area (Å²) in [5.41, 5.74) is 12.6. The third kappa shape index (κ3) is 13.0. The van der Waals surface area contributed by atoms with Crippen LogP contribution in [0.1, 0.15) is 174 Å². The van der Waals surface area contributed by atoms with Crippen molar-refractivity contribution in [2.45, 2.75) is 143 Å². The highest BCUT2D eigenvalue weighted by Crippen LogP contribution is 2.44. The number of nitrogens with zero attached hydrogens (tertiary/aromatic N) is 2. The standard InChI is InChI=1S/C66H80N2O6/c1-63(2,3)53-33-45-29-49-37-55(65(7,8)9)39-51-31-47-35-54(64(4,5)6)36-48(60(47)70)32-52-40-56(66(10,11)12)38-50(30-46(34-53)59(45)69)62(52)74-28-26-72-58-22-16-14-20-44(58)42-68-24-18-17-23-67-41-43-19-13-15-21-57(43)71-25-27-73-61(49)51/h13-16,19-22,33-42,69-70H,17-18,23-32H2,1-12H3. The molecule has 10 bridgehead atoms. The van der Waals surface area contributed by atoms with Crippen LogP contribution in [0.15, 0.2) is 107 Å². The number of aromatic hydroxyl groups is 2. The van der Waals surface area contributed by atoms with E-state index >= 15 is 0 Å². The van der Waals surface area contributed by atoms with Gasteiger partial charge >= 0.3 is 0 Å². The third-order valence-corrected chi connectivity index (χ3v) is 14.3. The predicted octanol–water partition coefficient (Wildman–Crippen LogP) is 14.5. The number of para-hydroxylation sites is 2. The van der Waals surface area contributed by atoms with Gasteiger partial charge in [0.2, 0.25) is 0 Å². The molecule has 8 heteroatoms. The fourth-order valence-corrected chi connectivity index (χ4v) is 9.78. The molecule has 8 nitrogen and oxygen atoms in total. The van der Waals surface area contributed by atoms with Crippen molar-refractivity contribution in [2.24, 2.45) is 9.98 Å². The van der Waals surface area contributed by atoms with Crippen LogP contribution < -0.4 is 18.9 Å². The normalized spacial score (nSPS) is 15.4. The Kier molecular flexibility index (Phi) is 16.1. The van der Waals surface area contributed by atoms with Crippen molar-refractivity contribution >= 4 is 12.4 Å². The van der Waals surface area contributed by atoms with E-state index in [1.807, 2.05) is 61.0 Å². The van der Waals surface area contributed by atoms with Crippen LogP contribution in [-0.4, -0.2) is 62.2 Å². The molecule has 0 aromatic heterocycles. The Balaban J connectivity index is 1.37. The molecule has 6 aromatic carbocycles. The summed E-state index contributed by atoms with van der Waals surface area (Å²) >= 11 is 0. The van der Waals surface area contributed by atoms with Gasteiger partial charge in [-0.2, -0.15) is 0 Å². The Hall–Kier alpha value is -6.54. The highest BCUT2D eigenvalue weighted by atomic mass is 16.5. The minimum Gasteiger partial charge on any atom is -0.507 e. The molecule has 6 aromatic rings.